The van der Waals surface area contributed by atoms with Crippen molar-refractivity contribution in [2.75, 3.05) is 12.0 Å². The second-order valence-electron chi connectivity index (χ2n) is 13.6. The maximum Gasteiger partial charge on any atom is 0.271 e. The lowest BCUT2D eigenvalue weighted by atomic mass is 9.71. The number of hydrogen-bond acceptors (Lipinski definition) is 14. The molecular weight excluding hydrogens is 704 g/mol. The summed E-state index contributed by atoms with van der Waals surface area (Å²) in [7, 11) is 1.32. The van der Waals surface area contributed by atoms with Gasteiger partial charge in [-0.05, 0) is 38.1 Å². The van der Waals surface area contributed by atoms with E-state index < -0.39 is 94.6 Å². The molecule has 2 heterocycles. The molecule has 16 nitrogen and oxygen atoms in total. The number of aliphatic hydroxyl groups is 2. The minimum absolute atomic E-state index is 0.00230. The molecule has 0 radical (unpaired) electrons. The van der Waals surface area contributed by atoms with Crippen molar-refractivity contribution in [1.82, 2.24) is 5.43 Å². The molecule has 280 valence electrons. The minimum Gasteiger partial charge on any atom is -0.507 e. The predicted octanol–water partition coefficient (Wildman–Crippen LogP) is 1.68. The predicted molar refractivity (Wildman–Crippen MR) is 188 cm³/mol. The number of hydrogen-bond donors (Lipinski definition) is 6. The van der Waals surface area contributed by atoms with Gasteiger partial charge in [0.25, 0.3) is 17.7 Å². The van der Waals surface area contributed by atoms with Gasteiger partial charge >= 0.3 is 0 Å². The zero-order valence-corrected chi connectivity index (χ0v) is 29.2. The minimum atomic E-state index is -2.00. The Labute approximate surface area is 307 Å². The molecule has 1 saturated heterocycles. The average Bonchev–Trinajstić information content (AvgIpc) is 3.49. The number of aromatic hydroxyl groups is 2. The number of nitrogens with zero attached hydrogens (tertiary/aromatic N) is 2. The summed E-state index contributed by atoms with van der Waals surface area (Å²) in [5.41, 5.74) is 5.33. The third-order valence-electron chi connectivity index (χ3n) is 10.3. The number of carbonyl (C=O) groups is 5. The third-order valence-corrected chi connectivity index (χ3v) is 10.3. The van der Waals surface area contributed by atoms with Crippen LogP contribution in [-0.2, 0) is 25.5 Å². The van der Waals surface area contributed by atoms with Gasteiger partial charge in [-0.2, -0.15) is 5.10 Å². The molecule has 0 bridgehead atoms. The van der Waals surface area contributed by atoms with Gasteiger partial charge in [-0.1, -0.05) is 18.2 Å². The van der Waals surface area contributed by atoms with E-state index in [2.05, 4.69) is 10.5 Å². The summed E-state index contributed by atoms with van der Waals surface area (Å²) in [6.07, 6.45) is -2.75. The number of phenols is 2. The number of hydrazone groups is 1. The number of anilines is 1. The van der Waals surface area contributed by atoms with E-state index in [4.69, 9.17) is 19.9 Å². The lowest BCUT2D eigenvalue weighted by Gasteiger charge is -2.42. The maximum atomic E-state index is 14.0. The SMILES string of the molecule is COc1cccc2c1C(=O)c1c(O)c3c(c(O)c1C2=O)C[C@@](O)(/C(C)=N/NC(=O)c1cccc(N2C(=O)C=CC2=O)c1)C[C@@H]3OC1CC(N)C(O)C(C)O1. The summed E-state index contributed by atoms with van der Waals surface area (Å²) >= 11 is 0. The Kier molecular flexibility index (Phi) is 9.19. The summed E-state index contributed by atoms with van der Waals surface area (Å²) in [6.45, 7) is 3.00. The fraction of sp³-hybridized carbons (Fsp3) is 0.316. The number of fused-ring (bicyclic) bond motifs is 3. The molecule has 16 heteroatoms. The van der Waals surface area contributed by atoms with Crippen LogP contribution in [0.2, 0.25) is 0 Å². The fourth-order valence-corrected chi connectivity index (χ4v) is 7.41. The number of amides is 3. The first-order valence-electron chi connectivity index (χ1n) is 17.0. The van der Waals surface area contributed by atoms with Gasteiger partial charge in [0.2, 0.25) is 5.78 Å². The molecule has 2 aliphatic heterocycles. The highest BCUT2D eigenvalue weighted by Gasteiger charge is 2.49. The second-order valence-corrected chi connectivity index (χ2v) is 13.6. The maximum absolute atomic E-state index is 14.0. The van der Waals surface area contributed by atoms with Gasteiger partial charge in [-0.3, -0.25) is 24.0 Å². The Hall–Kier alpha value is -5.78. The van der Waals surface area contributed by atoms with Crippen LogP contribution in [0.15, 0.2) is 59.7 Å². The van der Waals surface area contributed by atoms with E-state index in [1.165, 1.54) is 56.5 Å². The van der Waals surface area contributed by atoms with Gasteiger partial charge in [-0.25, -0.2) is 10.3 Å². The standard InChI is InChI=1S/C38H36N4O12/c1-16-32(45)22(39)13-27(53-16)54-24-15-38(51,17(2)40-41-37(50)18-6-4-7-19(12-18)42-25(43)10-11-26(42)44)14-21-29(24)36(49)31-30(34(21)47)33(46)20-8-5-9-23(52-3)28(20)35(31)48/h4-12,16,22,24,27,32,45,47,49,51H,13-15,39H2,1-3H3,(H,41,50)/b40-17+/t16?,22?,24-,27?,32?,38-/m0/s1. The van der Waals surface area contributed by atoms with Crippen LogP contribution >= 0.6 is 0 Å². The smallest absolute Gasteiger partial charge is 0.271 e. The molecule has 4 unspecified atom stereocenters. The molecule has 0 aromatic heterocycles. The van der Waals surface area contributed by atoms with Gasteiger partial charge < -0.3 is 40.4 Å². The van der Waals surface area contributed by atoms with E-state index in [-0.39, 0.29) is 57.8 Å². The van der Waals surface area contributed by atoms with E-state index in [1.807, 2.05) is 0 Å². The van der Waals surface area contributed by atoms with E-state index >= 15 is 0 Å². The highest BCUT2D eigenvalue weighted by atomic mass is 16.7. The van der Waals surface area contributed by atoms with Crippen LogP contribution in [-0.4, -0.2) is 92.7 Å². The second kappa shape index (κ2) is 13.6. The Morgan fingerprint density at radius 2 is 1.70 bits per heavy atom. The number of imide groups is 1. The summed E-state index contributed by atoms with van der Waals surface area (Å²) in [5.74, 6) is -4.67. The number of benzene rings is 3. The molecule has 7 rings (SSSR count). The van der Waals surface area contributed by atoms with Crippen molar-refractivity contribution in [3.05, 3.63) is 93.6 Å². The van der Waals surface area contributed by atoms with Crippen LogP contribution in [0.5, 0.6) is 17.2 Å². The van der Waals surface area contributed by atoms with Crippen molar-refractivity contribution in [1.29, 1.82) is 0 Å². The molecule has 0 spiro atoms. The number of methoxy groups -OCH3 is 1. The topological polar surface area (TPSA) is 248 Å². The molecule has 3 aromatic carbocycles. The lowest BCUT2D eigenvalue weighted by Crippen LogP contribution is -2.52. The van der Waals surface area contributed by atoms with Crippen LogP contribution in [0.25, 0.3) is 0 Å². The number of phenolic OH excluding ortho intramolecular Hbond substituents is 2. The summed E-state index contributed by atoms with van der Waals surface area (Å²) in [5, 5.41) is 50.4. The molecule has 54 heavy (non-hydrogen) atoms. The summed E-state index contributed by atoms with van der Waals surface area (Å²) < 4.78 is 17.5. The molecule has 1 fully saturated rings. The number of nitrogens with two attached hydrogens (primary N) is 1. The largest absolute Gasteiger partial charge is 0.507 e. The van der Waals surface area contributed by atoms with Crippen molar-refractivity contribution < 1.29 is 58.6 Å². The zero-order chi connectivity index (χ0) is 38.8. The van der Waals surface area contributed by atoms with Gasteiger partial charge in [-0.15, -0.1) is 0 Å². The van der Waals surface area contributed by atoms with Crippen LogP contribution in [0.4, 0.5) is 5.69 Å². The molecular formula is C38H36N4O12. The first-order valence-corrected chi connectivity index (χ1v) is 17.0. The van der Waals surface area contributed by atoms with E-state index in [0.717, 1.165) is 17.1 Å². The molecule has 3 amide bonds. The number of carbonyl (C=O) groups excluding carboxylic acids is 5. The average molecular weight is 741 g/mol. The van der Waals surface area contributed by atoms with Crippen LogP contribution in [0.3, 0.4) is 0 Å². The monoisotopic (exact) mass is 740 g/mol. The van der Waals surface area contributed by atoms with Gasteiger partial charge in [0, 0.05) is 59.7 Å². The van der Waals surface area contributed by atoms with Gasteiger partial charge in [0.05, 0.1) is 53.5 Å². The summed E-state index contributed by atoms with van der Waals surface area (Å²) in [6, 6.07) is 9.33. The summed E-state index contributed by atoms with van der Waals surface area (Å²) in [4.78, 5) is 66.3. The Morgan fingerprint density at radius 3 is 2.39 bits per heavy atom. The molecule has 2 aliphatic carbocycles. The number of aliphatic hydroxyl groups excluding tert-OH is 1. The Bertz CT molecular complexity index is 2190. The quantitative estimate of drug-likeness (QED) is 0.0684. The van der Waals surface area contributed by atoms with Crippen molar-refractivity contribution in [2.45, 2.75) is 69.4 Å². The van der Waals surface area contributed by atoms with Gasteiger partial charge in [0.15, 0.2) is 12.1 Å². The molecule has 4 aliphatic rings. The molecule has 0 saturated carbocycles. The van der Waals surface area contributed by atoms with Crippen LogP contribution in [0, 0.1) is 0 Å². The number of ketones is 2. The van der Waals surface area contributed by atoms with Crippen molar-refractivity contribution >= 4 is 40.7 Å². The number of rotatable bonds is 7. The molecule has 6 atom stereocenters. The normalized spacial score (nSPS) is 26.4. The fourth-order valence-electron chi connectivity index (χ4n) is 7.41. The zero-order valence-electron chi connectivity index (χ0n) is 29.2. The molecule has 3 aromatic rings. The number of nitrogens with one attached hydrogen (secondary N) is 1. The Morgan fingerprint density at radius 1 is 1.02 bits per heavy atom. The van der Waals surface area contributed by atoms with Crippen molar-refractivity contribution in [3.8, 4) is 17.2 Å². The molecule has 7 N–H and O–H groups in total. The number of ether oxygens (including phenoxy) is 3. The van der Waals surface area contributed by atoms with Crippen molar-refractivity contribution in [2.24, 2.45) is 10.8 Å². The van der Waals surface area contributed by atoms with Gasteiger partial charge in [0.1, 0.15) is 22.8 Å². The van der Waals surface area contributed by atoms with Crippen LogP contribution < -0.4 is 20.8 Å². The highest BCUT2D eigenvalue weighted by Crippen LogP contribution is 2.52. The Balaban J connectivity index is 1.26. The van der Waals surface area contributed by atoms with Crippen molar-refractivity contribution in [3.63, 3.8) is 0 Å². The first kappa shape index (κ1) is 36.6. The third kappa shape index (κ3) is 5.93. The first-order chi connectivity index (χ1) is 25.6. The highest BCUT2D eigenvalue weighted by molar-refractivity contribution is 6.31. The van der Waals surface area contributed by atoms with E-state index in [1.54, 1.807) is 6.92 Å². The van der Waals surface area contributed by atoms with Crippen LogP contribution in [0.1, 0.15) is 86.1 Å². The van der Waals surface area contributed by atoms with E-state index in [0.29, 0.717) is 0 Å². The van der Waals surface area contributed by atoms with E-state index in [9.17, 15) is 44.4 Å². The lowest BCUT2D eigenvalue weighted by molar-refractivity contribution is -0.245.